The molecule has 1 rings (SSSR count). The van der Waals surface area contributed by atoms with E-state index in [-0.39, 0.29) is 5.57 Å². The molecule has 1 aromatic carbocycles. The molecule has 0 amide bonds. The molecule has 1 atom stereocenters. The number of carbonyl (C=O) groups is 2. The van der Waals surface area contributed by atoms with Crippen LogP contribution < -0.4 is 4.74 Å². The lowest BCUT2D eigenvalue weighted by molar-refractivity contribution is -0.135. The molecular weight excluding hydrogens is 224 g/mol. The van der Waals surface area contributed by atoms with Crippen LogP contribution in [-0.4, -0.2) is 28.3 Å². The number of rotatable bonds is 5. The van der Waals surface area contributed by atoms with Gasteiger partial charge in [0.1, 0.15) is 11.9 Å². The molecule has 1 unspecified atom stereocenters. The Morgan fingerprint density at radius 2 is 1.82 bits per heavy atom. The summed E-state index contributed by atoms with van der Waals surface area (Å²) in [5.74, 6) is -2.14. The number of para-hydroxylation sites is 1. The zero-order valence-corrected chi connectivity index (χ0v) is 9.16. The van der Waals surface area contributed by atoms with Crippen molar-refractivity contribution in [2.45, 2.75) is 13.0 Å². The predicted octanol–water partition coefficient (Wildman–Crippen LogP) is 1.55. The minimum atomic E-state index is -1.31. The molecule has 17 heavy (non-hydrogen) atoms. The summed E-state index contributed by atoms with van der Waals surface area (Å²) in [6, 6.07) is 8.60. The van der Waals surface area contributed by atoms with Crippen LogP contribution in [0.15, 0.2) is 42.0 Å². The van der Waals surface area contributed by atoms with E-state index >= 15 is 0 Å². The Balaban J connectivity index is 2.83. The van der Waals surface area contributed by atoms with Gasteiger partial charge in [0.15, 0.2) is 0 Å². The van der Waals surface area contributed by atoms with Crippen molar-refractivity contribution in [3.05, 3.63) is 42.0 Å². The third kappa shape index (κ3) is 3.98. The zero-order valence-electron chi connectivity index (χ0n) is 9.16. The number of benzene rings is 1. The quantitative estimate of drug-likeness (QED) is 0.758. The van der Waals surface area contributed by atoms with E-state index in [1.807, 2.05) is 0 Å². The van der Waals surface area contributed by atoms with Crippen LogP contribution in [-0.2, 0) is 9.59 Å². The van der Waals surface area contributed by atoms with E-state index in [1.54, 1.807) is 30.3 Å². The van der Waals surface area contributed by atoms with E-state index in [0.717, 1.165) is 0 Å². The molecule has 0 spiro atoms. The number of carboxylic acids is 2. The normalized spacial score (nSPS) is 12.9. The highest BCUT2D eigenvalue weighted by molar-refractivity contribution is 5.95. The minimum Gasteiger partial charge on any atom is -0.486 e. The third-order valence-corrected chi connectivity index (χ3v) is 2.02. The van der Waals surface area contributed by atoms with Crippen LogP contribution in [0.1, 0.15) is 6.92 Å². The van der Waals surface area contributed by atoms with Crippen molar-refractivity contribution in [1.82, 2.24) is 0 Å². The largest absolute Gasteiger partial charge is 0.486 e. The summed E-state index contributed by atoms with van der Waals surface area (Å²) in [6.45, 7) is 1.48. The Kier molecular flexibility index (Phi) is 4.28. The van der Waals surface area contributed by atoms with Crippen LogP contribution in [0, 0.1) is 0 Å². The summed E-state index contributed by atoms with van der Waals surface area (Å²) in [4.78, 5) is 21.3. The molecule has 5 heteroatoms. The lowest BCUT2D eigenvalue weighted by atomic mass is 10.1. The van der Waals surface area contributed by atoms with E-state index in [0.29, 0.717) is 11.8 Å². The third-order valence-electron chi connectivity index (χ3n) is 2.02. The SMILES string of the molecule is CC(Oc1ccccc1)/C(=C/C(=O)O)C(=O)O. The van der Waals surface area contributed by atoms with Crippen LogP contribution in [0.25, 0.3) is 0 Å². The summed E-state index contributed by atoms with van der Waals surface area (Å²) in [5, 5.41) is 17.4. The van der Waals surface area contributed by atoms with E-state index in [1.165, 1.54) is 6.92 Å². The average Bonchev–Trinajstić information content (AvgIpc) is 2.26. The van der Waals surface area contributed by atoms with Crippen LogP contribution in [0.2, 0.25) is 0 Å². The summed E-state index contributed by atoms with van der Waals surface area (Å²) in [7, 11) is 0. The van der Waals surface area contributed by atoms with Gasteiger partial charge in [0.2, 0.25) is 0 Å². The maximum atomic E-state index is 10.9. The Hall–Kier alpha value is -2.30. The zero-order chi connectivity index (χ0) is 12.8. The molecule has 1 aromatic rings. The standard InChI is InChI=1S/C12H12O5/c1-8(10(12(15)16)7-11(13)14)17-9-5-3-2-4-6-9/h2-8H,1H3,(H,13,14)(H,15,16)/b10-7-. The second kappa shape index (κ2) is 5.69. The Morgan fingerprint density at radius 1 is 1.24 bits per heavy atom. The Labute approximate surface area is 98.0 Å². The van der Waals surface area contributed by atoms with E-state index < -0.39 is 18.0 Å². The first-order valence-corrected chi connectivity index (χ1v) is 4.90. The molecular formula is C12H12O5. The van der Waals surface area contributed by atoms with Gasteiger partial charge < -0.3 is 14.9 Å². The van der Waals surface area contributed by atoms with Gasteiger partial charge in [-0.2, -0.15) is 0 Å². The van der Waals surface area contributed by atoms with Crippen LogP contribution in [0.5, 0.6) is 5.75 Å². The maximum Gasteiger partial charge on any atom is 0.335 e. The van der Waals surface area contributed by atoms with Crippen molar-refractivity contribution in [3.63, 3.8) is 0 Å². The molecule has 0 aliphatic carbocycles. The average molecular weight is 236 g/mol. The molecule has 90 valence electrons. The molecule has 0 aliphatic heterocycles. The Bertz CT molecular complexity index is 435. The van der Waals surface area contributed by atoms with Gasteiger partial charge >= 0.3 is 11.9 Å². The van der Waals surface area contributed by atoms with Crippen molar-refractivity contribution < 1.29 is 24.5 Å². The number of aliphatic carboxylic acids is 2. The summed E-state index contributed by atoms with van der Waals surface area (Å²) in [5.41, 5.74) is -0.304. The van der Waals surface area contributed by atoms with Gasteiger partial charge in [0.05, 0.1) is 5.57 Å². The highest BCUT2D eigenvalue weighted by Crippen LogP contribution is 2.15. The topological polar surface area (TPSA) is 83.8 Å². The van der Waals surface area contributed by atoms with Gasteiger partial charge in [-0.25, -0.2) is 9.59 Å². The fourth-order valence-electron chi connectivity index (χ4n) is 1.25. The molecule has 0 heterocycles. The number of ether oxygens (including phenoxy) is 1. The summed E-state index contributed by atoms with van der Waals surface area (Å²) >= 11 is 0. The van der Waals surface area contributed by atoms with Gasteiger partial charge in [0, 0.05) is 6.08 Å². The van der Waals surface area contributed by atoms with Crippen LogP contribution in [0.4, 0.5) is 0 Å². The van der Waals surface area contributed by atoms with E-state index in [2.05, 4.69) is 0 Å². The molecule has 0 bridgehead atoms. The fourth-order valence-corrected chi connectivity index (χ4v) is 1.25. The van der Waals surface area contributed by atoms with Gasteiger partial charge in [-0.3, -0.25) is 0 Å². The monoisotopic (exact) mass is 236 g/mol. The lowest BCUT2D eigenvalue weighted by Crippen LogP contribution is -2.22. The second-order valence-corrected chi connectivity index (χ2v) is 3.32. The maximum absolute atomic E-state index is 10.9. The van der Waals surface area contributed by atoms with Crippen molar-refractivity contribution in [1.29, 1.82) is 0 Å². The molecule has 0 saturated carbocycles. The first-order chi connectivity index (χ1) is 8.00. The first kappa shape index (κ1) is 12.8. The molecule has 0 saturated heterocycles. The lowest BCUT2D eigenvalue weighted by Gasteiger charge is -2.14. The number of carboxylic acid groups (broad SMARTS) is 2. The second-order valence-electron chi connectivity index (χ2n) is 3.32. The van der Waals surface area contributed by atoms with Crippen molar-refractivity contribution in [2.24, 2.45) is 0 Å². The molecule has 0 aromatic heterocycles. The molecule has 2 N–H and O–H groups in total. The van der Waals surface area contributed by atoms with Gasteiger partial charge in [-0.05, 0) is 19.1 Å². The van der Waals surface area contributed by atoms with Crippen molar-refractivity contribution >= 4 is 11.9 Å². The molecule has 0 aliphatic rings. The summed E-state index contributed by atoms with van der Waals surface area (Å²) in [6.07, 6.45) is -0.207. The Morgan fingerprint density at radius 3 is 2.29 bits per heavy atom. The van der Waals surface area contributed by atoms with Crippen LogP contribution >= 0.6 is 0 Å². The van der Waals surface area contributed by atoms with Gasteiger partial charge in [0.25, 0.3) is 0 Å². The number of hydrogen-bond acceptors (Lipinski definition) is 3. The highest BCUT2D eigenvalue weighted by Gasteiger charge is 2.19. The van der Waals surface area contributed by atoms with E-state index in [4.69, 9.17) is 14.9 Å². The van der Waals surface area contributed by atoms with Gasteiger partial charge in [-0.15, -0.1) is 0 Å². The van der Waals surface area contributed by atoms with E-state index in [9.17, 15) is 9.59 Å². The number of hydrogen-bond donors (Lipinski definition) is 2. The smallest absolute Gasteiger partial charge is 0.335 e. The molecule has 0 radical (unpaired) electrons. The molecule has 5 nitrogen and oxygen atoms in total. The molecule has 0 fully saturated rings. The van der Waals surface area contributed by atoms with Crippen molar-refractivity contribution in [3.8, 4) is 5.75 Å². The first-order valence-electron chi connectivity index (χ1n) is 4.90. The van der Waals surface area contributed by atoms with Crippen LogP contribution in [0.3, 0.4) is 0 Å². The predicted molar refractivity (Wildman–Crippen MR) is 59.9 cm³/mol. The fraction of sp³-hybridized carbons (Fsp3) is 0.167. The summed E-state index contributed by atoms with van der Waals surface area (Å²) < 4.78 is 5.33. The minimum absolute atomic E-state index is 0.304. The highest BCUT2D eigenvalue weighted by atomic mass is 16.5. The van der Waals surface area contributed by atoms with Crippen molar-refractivity contribution in [2.75, 3.05) is 0 Å². The van der Waals surface area contributed by atoms with Gasteiger partial charge in [-0.1, -0.05) is 18.2 Å².